The molecule has 2 aromatic rings. The Labute approximate surface area is 162 Å². The largest absolute Gasteiger partial charge is 0.369 e. The third-order valence-corrected chi connectivity index (χ3v) is 6.15. The van der Waals surface area contributed by atoms with Crippen LogP contribution in [0.1, 0.15) is 13.3 Å². The van der Waals surface area contributed by atoms with E-state index in [0.29, 0.717) is 12.1 Å². The fourth-order valence-electron chi connectivity index (χ4n) is 3.11. The minimum absolute atomic E-state index is 0.132. The summed E-state index contributed by atoms with van der Waals surface area (Å²) in [6.07, 6.45) is 0.596. The molecule has 0 amide bonds. The highest BCUT2D eigenvalue weighted by Gasteiger charge is 2.14. The highest BCUT2D eigenvalue weighted by Crippen LogP contribution is 2.23. The molecule has 0 atom stereocenters. The predicted molar refractivity (Wildman–Crippen MR) is 114 cm³/mol. The van der Waals surface area contributed by atoms with Gasteiger partial charge >= 0.3 is 0 Å². The molecule has 146 valence electrons. The molecule has 1 fully saturated rings. The van der Waals surface area contributed by atoms with Gasteiger partial charge in [0.05, 0.1) is 5.75 Å². The summed E-state index contributed by atoms with van der Waals surface area (Å²) >= 11 is 0. The molecule has 1 aliphatic heterocycles. The summed E-state index contributed by atoms with van der Waals surface area (Å²) in [4.78, 5) is 4.75. The van der Waals surface area contributed by atoms with Crippen LogP contribution in [0.4, 0.5) is 22.7 Å². The number of nitrogens with one attached hydrogen (secondary N) is 2. The molecule has 0 aliphatic carbocycles. The molecule has 6 nitrogen and oxygen atoms in total. The summed E-state index contributed by atoms with van der Waals surface area (Å²) in [7, 11) is -1.10. The van der Waals surface area contributed by atoms with E-state index in [1.54, 1.807) is 12.1 Å². The van der Waals surface area contributed by atoms with Gasteiger partial charge in [-0.05, 0) is 62.0 Å². The molecule has 0 unspecified atom stereocenters. The van der Waals surface area contributed by atoms with E-state index < -0.39 is 10.0 Å². The average molecular weight is 389 g/mol. The maximum atomic E-state index is 11.8. The molecule has 1 saturated heterocycles. The van der Waals surface area contributed by atoms with Gasteiger partial charge in [0.1, 0.15) is 0 Å². The van der Waals surface area contributed by atoms with Crippen molar-refractivity contribution in [3.05, 3.63) is 48.5 Å². The van der Waals surface area contributed by atoms with Crippen molar-refractivity contribution >= 4 is 32.8 Å². The van der Waals surface area contributed by atoms with E-state index in [1.165, 1.54) is 5.69 Å². The first-order chi connectivity index (χ1) is 12.9. The third kappa shape index (κ3) is 5.61. The van der Waals surface area contributed by atoms with Crippen LogP contribution in [0, 0.1) is 0 Å². The van der Waals surface area contributed by atoms with Gasteiger partial charge in [0.2, 0.25) is 10.0 Å². The Bertz CT molecular complexity index is 827. The number of hydrogen-bond acceptors (Lipinski definition) is 5. The zero-order valence-electron chi connectivity index (χ0n) is 16.0. The van der Waals surface area contributed by atoms with Crippen molar-refractivity contribution < 1.29 is 8.42 Å². The van der Waals surface area contributed by atoms with Crippen LogP contribution >= 0.6 is 0 Å². The van der Waals surface area contributed by atoms with Gasteiger partial charge in [0, 0.05) is 48.9 Å². The molecule has 27 heavy (non-hydrogen) atoms. The van der Waals surface area contributed by atoms with E-state index in [9.17, 15) is 8.42 Å². The van der Waals surface area contributed by atoms with Gasteiger partial charge in [-0.3, -0.25) is 4.72 Å². The Morgan fingerprint density at radius 1 is 0.852 bits per heavy atom. The molecule has 0 aromatic heterocycles. The number of anilines is 4. The van der Waals surface area contributed by atoms with Gasteiger partial charge in [0.25, 0.3) is 0 Å². The first-order valence-corrected chi connectivity index (χ1v) is 11.0. The first-order valence-electron chi connectivity index (χ1n) is 9.36. The van der Waals surface area contributed by atoms with E-state index in [4.69, 9.17) is 0 Å². The minimum Gasteiger partial charge on any atom is -0.369 e. The van der Waals surface area contributed by atoms with Gasteiger partial charge in [-0.1, -0.05) is 6.92 Å². The molecular formula is C20H28N4O2S. The zero-order valence-corrected chi connectivity index (χ0v) is 16.8. The second kappa shape index (κ2) is 8.63. The van der Waals surface area contributed by atoms with Crippen LogP contribution in [0.5, 0.6) is 0 Å². The summed E-state index contributed by atoms with van der Waals surface area (Å²) < 4.78 is 26.2. The fourth-order valence-corrected chi connectivity index (χ4v) is 4.24. The maximum absolute atomic E-state index is 11.8. The summed E-state index contributed by atoms with van der Waals surface area (Å²) in [5.41, 5.74) is 3.75. The molecule has 0 saturated carbocycles. The van der Waals surface area contributed by atoms with Crippen molar-refractivity contribution in [2.45, 2.75) is 13.3 Å². The summed E-state index contributed by atoms with van der Waals surface area (Å²) in [6, 6.07) is 15.7. The predicted octanol–water partition coefficient (Wildman–Crippen LogP) is 3.33. The highest BCUT2D eigenvalue weighted by molar-refractivity contribution is 7.92. The fraction of sp³-hybridized carbons (Fsp3) is 0.400. The van der Waals surface area contributed by atoms with Gasteiger partial charge < -0.3 is 15.1 Å². The second-order valence-corrected chi connectivity index (χ2v) is 8.80. The molecule has 0 spiro atoms. The van der Waals surface area contributed by atoms with Crippen molar-refractivity contribution in [3.8, 4) is 0 Å². The lowest BCUT2D eigenvalue weighted by Gasteiger charge is -2.34. The molecule has 0 radical (unpaired) electrons. The lowest BCUT2D eigenvalue weighted by molar-refractivity contribution is 0.313. The SMILES string of the molecule is CCCS(=O)(=O)Nc1ccc(Nc2ccc(N3CCN(C)CC3)cc2)cc1. The number of sulfonamides is 1. The smallest absolute Gasteiger partial charge is 0.232 e. The molecule has 1 heterocycles. The summed E-state index contributed by atoms with van der Waals surface area (Å²) in [5, 5.41) is 3.35. The Hall–Kier alpha value is -2.25. The monoisotopic (exact) mass is 388 g/mol. The van der Waals surface area contributed by atoms with Gasteiger partial charge in [0.15, 0.2) is 0 Å². The van der Waals surface area contributed by atoms with Crippen molar-refractivity contribution in [2.75, 3.05) is 53.9 Å². The van der Waals surface area contributed by atoms with E-state index in [1.807, 2.05) is 19.1 Å². The molecule has 2 aromatic carbocycles. The van der Waals surface area contributed by atoms with Crippen LogP contribution in [0.25, 0.3) is 0 Å². The number of likely N-dealkylation sites (N-methyl/N-ethyl adjacent to an activating group) is 1. The van der Waals surface area contributed by atoms with E-state index in [2.05, 4.69) is 51.2 Å². The number of hydrogen-bond donors (Lipinski definition) is 2. The molecule has 3 rings (SSSR count). The molecule has 0 bridgehead atoms. The van der Waals surface area contributed by atoms with Gasteiger partial charge in [-0.25, -0.2) is 8.42 Å². The van der Waals surface area contributed by atoms with Crippen LogP contribution in [0.3, 0.4) is 0 Å². The van der Waals surface area contributed by atoms with Crippen LogP contribution < -0.4 is 14.9 Å². The quantitative estimate of drug-likeness (QED) is 0.762. The molecule has 1 aliphatic rings. The lowest BCUT2D eigenvalue weighted by atomic mass is 10.2. The number of rotatable bonds is 7. The van der Waals surface area contributed by atoms with Crippen molar-refractivity contribution in [3.63, 3.8) is 0 Å². The Morgan fingerprint density at radius 3 is 1.93 bits per heavy atom. The topological polar surface area (TPSA) is 64.7 Å². The minimum atomic E-state index is -3.25. The number of piperazine rings is 1. The molecule has 7 heteroatoms. The van der Waals surface area contributed by atoms with Crippen molar-refractivity contribution in [2.24, 2.45) is 0 Å². The van der Waals surface area contributed by atoms with Crippen molar-refractivity contribution in [1.29, 1.82) is 0 Å². The van der Waals surface area contributed by atoms with Gasteiger partial charge in [-0.15, -0.1) is 0 Å². The number of nitrogens with zero attached hydrogens (tertiary/aromatic N) is 2. The summed E-state index contributed by atoms with van der Waals surface area (Å²) in [5.74, 6) is 0.132. The van der Waals surface area contributed by atoms with Crippen LogP contribution in [0.2, 0.25) is 0 Å². The standard InChI is InChI=1S/C20H28N4O2S/c1-3-16-27(25,26)22-19-6-4-17(5-7-19)21-18-8-10-20(11-9-18)24-14-12-23(2)13-15-24/h4-11,21-22H,3,12-16H2,1-2H3. The Balaban J connectivity index is 1.59. The number of benzene rings is 2. The van der Waals surface area contributed by atoms with Crippen molar-refractivity contribution in [1.82, 2.24) is 4.90 Å². The Morgan fingerprint density at radius 2 is 1.37 bits per heavy atom. The van der Waals surface area contributed by atoms with Crippen LogP contribution in [-0.4, -0.2) is 52.3 Å². The van der Waals surface area contributed by atoms with E-state index in [-0.39, 0.29) is 5.75 Å². The third-order valence-electron chi connectivity index (χ3n) is 4.66. The zero-order chi connectivity index (χ0) is 19.3. The Kier molecular flexibility index (Phi) is 6.23. The van der Waals surface area contributed by atoms with Crippen LogP contribution in [0.15, 0.2) is 48.5 Å². The van der Waals surface area contributed by atoms with Gasteiger partial charge in [-0.2, -0.15) is 0 Å². The molecule has 2 N–H and O–H groups in total. The lowest BCUT2D eigenvalue weighted by Crippen LogP contribution is -2.44. The molecular weight excluding hydrogens is 360 g/mol. The van der Waals surface area contributed by atoms with E-state index in [0.717, 1.165) is 37.6 Å². The highest BCUT2D eigenvalue weighted by atomic mass is 32.2. The van der Waals surface area contributed by atoms with Crippen LogP contribution in [-0.2, 0) is 10.0 Å². The normalized spacial score (nSPS) is 15.6. The van der Waals surface area contributed by atoms with E-state index >= 15 is 0 Å². The maximum Gasteiger partial charge on any atom is 0.232 e. The average Bonchev–Trinajstić information content (AvgIpc) is 2.64. The first kappa shape index (κ1) is 19.5. The second-order valence-electron chi connectivity index (χ2n) is 6.96. The summed E-state index contributed by atoms with van der Waals surface area (Å²) in [6.45, 7) is 6.14.